The van der Waals surface area contributed by atoms with Crippen molar-refractivity contribution in [1.82, 2.24) is 0 Å². The molecule has 0 aliphatic carbocycles. The largest absolute Gasteiger partial charge is 0.508 e. The van der Waals surface area contributed by atoms with Crippen molar-refractivity contribution in [3.05, 3.63) is 65.7 Å². The number of aliphatic hydroxyl groups is 1. The Morgan fingerprint density at radius 3 is 2.12 bits per heavy atom. The van der Waals surface area contributed by atoms with Crippen molar-refractivity contribution in [2.45, 2.75) is 0 Å². The third kappa shape index (κ3) is 2.42. The fourth-order valence-electron chi connectivity index (χ4n) is 1.42. The van der Waals surface area contributed by atoms with Crippen LogP contribution in [0.4, 0.5) is 0 Å². The second-order valence-electron chi connectivity index (χ2n) is 3.49. The Labute approximate surface area is 94.1 Å². The van der Waals surface area contributed by atoms with Crippen LogP contribution in [0.15, 0.2) is 54.6 Å². The first-order valence-electron chi connectivity index (χ1n) is 5.01. The van der Waals surface area contributed by atoms with Gasteiger partial charge in [0.1, 0.15) is 11.5 Å². The van der Waals surface area contributed by atoms with Gasteiger partial charge in [-0.15, -0.1) is 0 Å². The highest BCUT2D eigenvalue weighted by Gasteiger charge is 1.97. The molecule has 0 radical (unpaired) electrons. The molecule has 2 rings (SSSR count). The molecule has 0 spiro atoms. The summed E-state index contributed by atoms with van der Waals surface area (Å²) in [6, 6.07) is 16.0. The Hall–Kier alpha value is -2.22. The molecule has 2 aromatic rings. The van der Waals surface area contributed by atoms with Crippen molar-refractivity contribution >= 4 is 11.8 Å². The zero-order chi connectivity index (χ0) is 11.4. The van der Waals surface area contributed by atoms with Gasteiger partial charge in [-0.1, -0.05) is 42.5 Å². The van der Waals surface area contributed by atoms with E-state index in [1.807, 2.05) is 30.3 Å². The topological polar surface area (TPSA) is 40.5 Å². The van der Waals surface area contributed by atoms with E-state index in [0.717, 1.165) is 11.1 Å². The van der Waals surface area contributed by atoms with Gasteiger partial charge in [-0.05, 0) is 23.8 Å². The van der Waals surface area contributed by atoms with Gasteiger partial charge in [-0.3, -0.25) is 0 Å². The van der Waals surface area contributed by atoms with Crippen molar-refractivity contribution in [2.75, 3.05) is 0 Å². The van der Waals surface area contributed by atoms with Crippen molar-refractivity contribution < 1.29 is 10.2 Å². The minimum absolute atomic E-state index is 0.214. The van der Waals surface area contributed by atoms with Gasteiger partial charge in [0.2, 0.25) is 0 Å². The van der Waals surface area contributed by atoms with Crippen molar-refractivity contribution in [2.24, 2.45) is 0 Å². The summed E-state index contributed by atoms with van der Waals surface area (Å²) < 4.78 is 0. The van der Waals surface area contributed by atoms with Crippen molar-refractivity contribution in [1.29, 1.82) is 0 Å². The van der Waals surface area contributed by atoms with E-state index in [1.54, 1.807) is 30.3 Å². The van der Waals surface area contributed by atoms with Crippen molar-refractivity contribution in [3.63, 3.8) is 0 Å². The van der Waals surface area contributed by atoms with Gasteiger partial charge in [0.15, 0.2) is 0 Å². The van der Waals surface area contributed by atoms with Crippen LogP contribution < -0.4 is 0 Å². The summed E-state index contributed by atoms with van der Waals surface area (Å²) in [6.45, 7) is 0. The average molecular weight is 212 g/mol. The van der Waals surface area contributed by atoms with Gasteiger partial charge >= 0.3 is 0 Å². The molecular formula is C14H12O2. The molecule has 0 bridgehead atoms. The number of hydrogen-bond acceptors (Lipinski definition) is 2. The number of rotatable bonds is 2. The molecule has 2 N–H and O–H groups in total. The highest BCUT2D eigenvalue weighted by atomic mass is 16.3. The molecule has 0 unspecified atom stereocenters. The standard InChI is InChI=1S/C14H12O2/c15-13-8-6-11(7-9-13)10-14(16)12-4-2-1-3-5-12/h1-10,15-16H. The molecule has 0 aliphatic heterocycles. The lowest BCUT2D eigenvalue weighted by Crippen LogP contribution is -1.81. The minimum Gasteiger partial charge on any atom is -0.508 e. The normalized spacial score (nSPS) is 11.4. The zero-order valence-corrected chi connectivity index (χ0v) is 8.67. The number of benzene rings is 2. The summed E-state index contributed by atoms with van der Waals surface area (Å²) in [5.74, 6) is 0.433. The van der Waals surface area contributed by atoms with E-state index < -0.39 is 0 Å². The number of phenolic OH excluding ortho intramolecular Hbond substituents is 1. The third-order valence-corrected chi connectivity index (χ3v) is 2.27. The molecule has 2 nitrogen and oxygen atoms in total. The Balaban J connectivity index is 2.28. The second-order valence-corrected chi connectivity index (χ2v) is 3.49. The van der Waals surface area contributed by atoms with E-state index >= 15 is 0 Å². The van der Waals surface area contributed by atoms with E-state index in [9.17, 15) is 5.11 Å². The first-order valence-corrected chi connectivity index (χ1v) is 5.01. The summed E-state index contributed by atoms with van der Waals surface area (Å²) >= 11 is 0. The highest BCUT2D eigenvalue weighted by Crippen LogP contribution is 2.17. The number of hydrogen-bond donors (Lipinski definition) is 2. The molecule has 2 heteroatoms. The van der Waals surface area contributed by atoms with Gasteiger partial charge in [0.05, 0.1) is 0 Å². The quantitative estimate of drug-likeness (QED) is 0.591. The molecule has 2 aromatic carbocycles. The molecule has 0 saturated heterocycles. The fraction of sp³-hybridized carbons (Fsp3) is 0. The number of aliphatic hydroxyl groups excluding tert-OH is 1. The maximum atomic E-state index is 9.84. The van der Waals surface area contributed by atoms with Crippen LogP contribution in [0.2, 0.25) is 0 Å². The summed E-state index contributed by atoms with van der Waals surface area (Å²) in [4.78, 5) is 0. The van der Waals surface area contributed by atoms with E-state index in [1.165, 1.54) is 0 Å². The van der Waals surface area contributed by atoms with Crippen LogP contribution >= 0.6 is 0 Å². The predicted octanol–water partition coefficient (Wildman–Crippen LogP) is 3.45. The zero-order valence-electron chi connectivity index (χ0n) is 8.67. The van der Waals surface area contributed by atoms with E-state index in [-0.39, 0.29) is 11.5 Å². The predicted molar refractivity (Wildman–Crippen MR) is 65.0 cm³/mol. The van der Waals surface area contributed by atoms with Crippen LogP contribution in [0.5, 0.6) is 5.75 Å². The fourth-order valence-corrected chi connectivity index (χ4v) is 1.42. The molecule has 16 heavy (non-hydrogen) atoms. The summed E-state index contributed by atoms with van der Waals surface area (Å²) in [5.41, 5.74) is 1.62. The summed E-state index contributed by atoms with van der Waals surface area (Å²) in [7, 11) is 0. The molecule has 0 atom stereocenters. The van der Waals surface area contributed by atoms with Gasteiger partial charge in [0.25, 0.3) is 0 Å². The molecular weight excluding hydrogens is 200 g/mol. The third-order valence-electron chi connectivity index (χ3n) is 2.27. The van der Waals surface area contributed by atoms with Gasteiger partial charge in [-0.25, -0.2) is 0 Å². The molecule has 0 aliphatic rings. The minimum atomic E-state index is 0.214. The molecule has 0 fully saturated rings. The summed E-state index contributed by atoms with van der Waals surface area (Å²) in [5, 5.41) is 19.0. The average Bonchev–Trinajstić information content (AvgIpc) is 2.33. The van der Waals surface area contributed by atoms with E-state index in [0.29, 0.717) is 0 Å². The van der Waals surface area contributed by atoms with Crippen LogP contribution in [0, 0.1) is 0 Å². The first-order chi connectivity index (χ1) is 7.75. The molecule has 0 aromatic heterocycles. The van der Waals surface area contributed by atoms with E-state index in [4.69, 9.17) is 5.11 Å². The van der Waals surface area contributed by atoms with Crippen LogP contribution in [0.1, 0.15) is 11.1 Å². The molecule has 0 amide bonds. The SMILES string of the molecule is OC(=Cc1ccc(O)cc1)c1ccccc1. The second kappa shape index (κ2) is 4.53. The Morgan fingerprint density at radius 1 is 0.875 bits per heavy atom. The van der Waals surface area contributed by atoms with Gasteiger partial charge < -0.3 is 10.2 Å². The molecule has 0 heterocycles. The number of phenols is 1. The smallest absolute Gasteiger partial charge is 0.123 e. The maximum Gasteiger partial charge on any atom is 0.123 e. The van der Waals surface area contributed by atoms with Gasteiger partial charge in [0, 0.05) is 5.56 Å². The lowest BCUT2D eigenvalue weighted by atomic mass is 10.1. The van der Waals surface area contributed by atoms with Crippen LogP contribution in [0.25, 0.3) is 11.8 Å². The molecule has 0 saturated carbocycles. The monoisotopic (exact) mass is 212 g/mol. The Kier molecular flexibility index (Phi) is 2.92. The highest BCUT2D eigenvalue weighted by molar-refractivity contribution is 5.76. The lowest BCUT2D eigenvalue weighted by Gasteiger charge is -2.00. The lowest BCUT2D eigenvalue weighted by molar-refractivity contribution is 0.475. The van der Waals surface area contributed by atoms with Crippen LogP contribution in [-0.2, 0) is 0 Å². The number of aromatic hydroxyl groups is 1. The van der Waals surface area contributed by atoms with E-state index in [2.05, 4.69) is 0 Å². The van der Waals surface area contributed by atoms with Crippen LogP contribution in [0.3, 0.4) is 0 Å². The van der Waals surface area contributed by atoms with Gasteiger partial charge in [-0.2, -0.15) is 0 Å². The van der Waals surface area contributed by atoms with Crippen LogP contribution in [-0.4, -0.2) is 10.2 Å². The maximum absolute atomic E-state index is 9.84. The molecule has 80 valence electrons. The Morgan fingerprint density at radius 2 is 1.50 bits per heavy atom. The summed E-state index contributed by atoms with van der Waals surface area (Å²) in [6.07, 6.45) is 1.66. The first kappa shape index (κ1) is 10.3. The van der Waals surface area contributed by atoms with Crippen molar-refractivity contribution in [3.8, 4) is 5.75 Å². The Bertz CT molecular complexity index is 484.